The Morgan fingerprint density at radius 1 is 0.462 bits per heavy atom. The van der Waals surface area contributed by atoms with Crippen LogP contribution in [0.5, 0.6) is 0 Å². The summed E-state index contributed by atoms with van der Waals surface area (Å²) in [5, 5.41) is 5.18. The molecule has 0 heterocycles. The van der Waals surface area contributed by atoms with E-state index in [1.54, 1.807) is 11.1 Å². The van der Waals surface area contributed by atoms with Gasteiger partial charge in [0.15, 0.2) is 0 Å². The lowest BCUT2D eigenvalue weighted by atomic mass is 9.43. The Morgan fingerprint density at radius 2 is 1.08 bits per heavy atom. The second-order valence-corrected chi connectivity index (χ2v) is 17.3. The molecule has 1 spiro atoms. The average Bonchev–Trinajstić information content (AvgIpc) is 3.60. The van der Waals surface area contributed by atoms with Crippen molar-refractivity contribution in [1.29, 1.82) is 0 Å². The first kappa shape index (κ1) is 29.4. The standard InChI is InChI=1S/C51H43N/c1-50(2)43-18-9-8-17-42(43)49-45(50)20-11-21-47(49)52(48-29-33-12-3-4-13-37(33)38-14-5-6-16-41(38)48)36-22-23-40-39-15-7-10-19-44(39)51(46(40)30-36)34-25-31-24-32(27-34)28-35(51)26-31/h3-23,29-32,34-35H,24-28H2,1-2H3. The van der Waals surface area contributed by atoms with E-state index in [2.05, 4.69) is 158 Å². The lowest BCUT2D eigenvalue weighted by Gasteiger charge is -2.61. The Bertz CT molecular complexity index is 2610. The van der Waals surface area contributed by atoms with Crippen molar-refractivity contribution in [3.05, 3.63) is 162 Å². The molecule has 0 unspecified atom stereocenters. The SMILES string of the molecule is CC1(C)c2ccccc2-c2c(N(c3ccc4c(c3)C3(c5ccccc5-4)C4CC5CC(C4)CC3C5)c3cc4ccccc4c4ccccc34)cccc21. The molecule has 0 radical (unpaired) electrons. The van der Waals surface area contributed by atoms with Gasteiger partial charge in [0.2, 0.25) is 0 Å². The van der Waals surface area contributed by atoms with Crippen LogP contribution in [-0.2, 0) is 10.8 Å². The Hall–Kier alpha value is -5.14. The summed E-state index contributed by atoms with van der Waals surface area (Å²) in [5.74, 6) is 3.29. The van der Waals surface area contributed by atoms with Gasteiger partial charge in [0.05, 0.1) is 11.4 Å². The zero-order chi connectivity index (χ0) is 34.3. The molecule has 6 aliphatic carbocycles. The van der Waals surface area contributed by atoms with Gasteiger partial charge in [0.1, 0.15) is 0 Å². The first-order valence-electron chi connectivity index (χ1n) is 19.7. The smallest absolute Gasteiger partial charge is 0.0546 e. The van der Waals surface area contributed by atoms with E-state index in [1.807, 2.05) is 0 Å². The monoisotopic (exact) mass is 669 g/mol. The maximum atomic E-state index is 2.67. The highest BCUT2D eigenvalue weighted by molar-refractivity contribution is 6.15. The van der Waals surface area contributed by atoms with Crippen LogP contribution in [-0.4, -0.2) is 0 Å². The molecule has 4 fully saturated rings. The van der Waals surface area contributed by atoms with Gasteiger partial charge in [-0.05, 0) is 135 Å². The number of benzene rings is 7. The van der Waals surface area contributed by atoms with Gasteiger partial charge in [-0.25, -0.2) is 0 Å². The molecule has 0 aromatic heterocycles. The predicted octanol–water partition coefficient (Wildman–Crippen LogP) is 13.5. The third-order valence-corrected chi connectivity index (χ3v) is 14.6. The molecule has 0 N–H and O–H groups in total. The van der Waals surface area contributed by atoms with Gasteiger partial charge < -0.3 is 4.90 Å². The van der Waals surface area contributed by atoms with E-state index in [0.717, 1.165) is 23.7 Å². The van der Waals surface area contributed by atoms with Gasteiger partial charge in [-0.3, -0.25) is 0 Å². The molecule has 0 atom stereocenters. The third kappa shape index (κ3) is 3.65. The van der Waals surface area contributed by atoms with Crippen molar-refractivity contribution in [2.45, 2.75) is 56.8 Å². The van der Waals surface area contributed by atoms with Gasteiger partial charge in [0.25, 0.3) is 0 Å². The van der Waals surface area contributed by atoms with E-state index in [1.165, 1.54) is 104 Å². The summed E-state index contributed by atoms with van der Waals surface area (Å²) >= 11 is 0. The van der Waals surface area contributed by atoms with Crippen LogP contribution >= 0.6 is 0 Å². The zero-order valence-electron chi connectivity index (χ0n) is 30.1. The average molecular weight is 670 g/mol. The minimum Gasteiger partial charge on any atom is -0.309 e. The molecule has 7 aromatic carbocycles. The molecule has 7 aromatic rings. The molecule has 52 heavy (non-hydrogen) atoms. The summed E-state index contributed by atoms with van der Waals surface area (Å²) in [5.41, 5.74) is 15.6. The number of rotatable bonds is 3. The molecule has 0 amide bonds. The van der Waals surface area contributed by atoms with Crippen molar-refractivity contribution >= 4 is 38.6 Å². The highest BCUT2D eigenvalue weighted by Crippen LogP contribution is 2.70. The number of fused-ring (bicyclic) bond motifs is 9. The van der Waals surface area contributed by atoms with Gasteiger partial charge in [-0.2, -0.15) is 0 Å². The van der Waals surface area contributed by atoms with E-state index in [9.17, 15) is 0 Å². The molecular formula is C51H43N. The van der Waals surface area contributed by atoms with Gasteiger partial charge >= 0.3 is 0 Å². The lowest BCUT2D eigenvalue weighted by molar-refractivity contribution is -0.0399. The molecule has 4 saturated carbocycles. The van der Waals surface area contributed by atoms with Crippen molar-refractivity contribution in [3.63, 3.8) is 0 Å². The molecule has 252 valence electrons. The molecule has 13 rings (SSSR count). The van der Waals surface area contributed by atoms with Gasteiger partial charge in [-0.1, -0.05) is 129 Å². The molecule has 4 bridgehead atoms. The van der Waals surface area contributed by atoms with Crippen LogP contribution in [0.3, 0.4) is 0 Å². The minimum atomic E-state index is -0.0803. The van der Waals surface area contributed by atoms with Crippen LogP contribution in [0.15, 0.2) is 140 Å². The normalized spacial score (nSPS) is 25.3. The molecule has 0 aliphatic heterocycles. The number of hydrogen-bond donors (Lipinski definition) is 0. The van der Waals surface area contributed by atoms with Crippen molar-refractivity contribution < 1.29 is 0 Å². The van der Waals surface area contributed by atoms with E-state index >= 15 is 0 Å². The van der Waals surface area contributed by atoms with Crippen LogP contribution < -0.4 is 4.90 Å². The first-order chi connectivity index (χ1) is 25.5. The maximum Gasteiger partial charge on any atom is 0.0546 e. The molecule has 6 aliphatic rings. The second-order valence-electron chi connectivity index (χ2n) is 17.3. The summed E-state index contributed by atoms with van der Waals surface area (Å²) < 4.78 is 0. The first-order valence-corrected chi connectivity index (χ1v) is 19.7. The molecule has 0 saturated heterocycles. The van der Waals surface area contributed by atoms with Crippen LogP contribution in [0, 0.1) is 23.7 Å². The zero-order valence-corrected chi connectivity index (χ0v) is 30.1. The Balaban J connectivity index is 1.17. The number of nitrogens with zero attached hydrogens (tertiary/aromatic N) is 1. The van der Waals surface area contributed by atoms with E-state index in [-0.39, 0.29) is 10.8 Å². The summed E-state index contributed by atoms with van der Waals surface area (Å²) in [4.78, 5) is 2.65. The van der Waals surface area contributed by atoms with Crippen LogP contribution in [0.2, 0.25) is 0 Å². The third-order valence-electron chi connectivity index (χ3n) is 14.6. The fraction of sp³-hybridized carbons (Fsp3) is 0.255. The van der Waals surface area contributed by atoms with Gasteiger partial charge in [-0.15, -0.1) is 0 Å². The largest absolute Gasteiger partial charge is 0.309 e. The maximum absolute atomic E-state index is 2.67. The molecule has 1 heteroatoms. The number of hydrogen-bond acceptors (Lipinski definition) is 1. The fourth-order valence-electron chi connectivity index (χ4n) is 12.8. The highest BCUT2D eigenvalue weighted by atomic mass is 15.1. The van der Waals surface area contributed by atoms with Crippen LogP contribution in [0.1, 0.15) is 68.2 Å². The quantitative estimate of drug-likeness (QED) is 0.169. The summed E-state index contributed by atoms with van der Waals surface area (Å²) in [6.07, 6.45) is 7.03. The highest BCUT2D eigenvalue weighted by Gasteiger charge is 2.61. The Morgan fingerprint density at radius 3 is 1.87 bits per heavy atom. The summed E-state index contributed by atoms with van der Waals surface area (Å²) in [7, 11) is 0. The van der Waals surface area contributed by atoms with Gasteiger partial charge in [0, 0.05) is 27.5 Å². The van der Waals surface area contributed by atoms with Crippen LogP contribution in [0.25, 0.3) is 43.8 Å². The topological polar surface area (TPSA) is 3.24 Å². The van der Waals surface area contributed by atoms with Crippen molar-refractivity contribution in [2.75, 3.05) is 4.90 Å². The van der Waals surface area contributed by atoms with E-state index in [0.29, 0.717) is 0 Å². The molecular weight excluding hydrogens is 627 g/mol. The Kier molecular flexibility index (Phi) is 5.81. The van der Waals surface area contributed by atoms with Crippen molar-refractivity contribution in [3.8, 4) is 22.3 Å². The van der Waals surface area contributed by atoms with Crippen LogP contribution in [0.4, 0.5) is 17.1 Å². The predicted molar refractivity (Wildman–Crippen MR) is 217 cm³/mol. The van der Waals surface area contributed by atoms with E-state index < -0.39 is 0 Å². The molecule has 1 nitrogen and oxygen atoms in total. The van der Waals surface area contributed by atoms with E-state index in [4.69, 9.17) is 0 Å². The van der Waals surface area contributed by atoms with Crippen molar-refractivity contribution in [1.82, 2.24) is 0 Å². The second kappa shape index (κ2) is 10.3. The Labute approximate surface area is 306 Å². The minimum absolute atomic E-state index is 0.0803. The van der Waals surface area contributed by atoms with Crippen molar-refractivity contribution in [2.24, 2.45) is 23.7 Å². The number of anilines is 3. The summed E-state index contributed by atoms with van der Waals surface area (Å²) in [6.45, 7) is 4.81. The fourth-order valence-corrected chi connectivity index (χ4v) is 12.8. The lowest BCUT2D eigenvalue weighted by Crippen LogP contribution is -2.55. The summed E-state index contributed by atoms with van der Waals surface area (Å²) in [6, 6.07) is 53.8.